The molecule has 0 fully saturated rings. The van der Waals surface area contributed by atoms with Crippen LogP contribution < -0.4 is 0 Å². The number of hydrogen-bond acceptors (Lipinski definition) is 3. The molecule has 0 aromatic carbocycles. The predicted octanol–water partition coefficient (Wildman–Crippen LogP) is 1.45. The zero-order valence-corrected chi connectivity index (χ0v) is 7.38. The fourth-order valence-corrected chi connectivity index (χ4v) is 1.09. The van der Waals surface area contributed by atoms with Gasteiger partial charge in [-0.05, 0) is 19.4 Å². The maximum Gasteiger partial charge on any atom is 0.339 e. The van der Waals surface area contributed by atoms with E-state index in [1.807, 2.05) is 0 Å². The summed E-state index contributed by atoms with van der Waals surface area (Å²) in [6.45, 7) is 3.34. The van der Waals surface area contributed by atoms with Crippen molar-refractivity contribution in [2.75, 3.05) is 0 Å². The molecule has 0 aliphatic carbocycles. The van der Waals surface area contributed by atoms with Crippen LogP contribution in [0.1, 0.15) is 21.6 Å². The quantitative estimate of drug-likeness (QED) is 0.721. The number of rotatable bonds is 1. The molecule has 64 valence electrons. The molecular formula is C7H7ClN2O2. The second kappa shape index (κ2) is 3.06. The van der Waals surface area contributed by atoms with Crippen molar-refractivity contribution >= 4 is 17.6 Å². The second-order valence-corrected chi connectivity index (χ2v) is 2.74. The van der Waals surface area contributed by atoms with E-state index < -0.39 is 5.97 Å². The molecule has 0 bridgehead atoms. The Morgan fingerprint density at radius 3 is 2.42 bits per heavy atom. The third-order valence-corrected chi connectivity index (χ3v) is 1.89. The Morgan fingerprint density at radius 2 is 2.00 bits per heavy atom. The zero-order chi connectivity index (χ0) is 9.30. The molecule has 12 heavy (non-hydrogen) atoms. The molecule has 0 atom stereocenters. The second-order valence-electron chi connectivity index (χ2n) is 2.38. The van der Waals surface area contributed by atoms with Crippen molar-refractivity contribution in [3.05, 3.63) is 22.0 Å². The molecule has 1 rings (SSSR count). The molecule has 4 nitrogen and oxygen atoms in total. The van der Waals surface area contributed by atoms with Crippen LogP contribution in [-0.2, 0) is 0 Å². The number of carboxylic acids is 1. The normalized spacial score (nSPS) is 9.92. The summed E-state index contributed by atoms with van der Waals surface area (Å²) < 4.78 is 0. The lowest BCUT2D eigenvalue weighted by molar-refractivity contribution is 0.0695. The smallest absolute Gasteiger partial charge is 0.339 e. The van der Waals surface area contributed by atoms with Crippen LogP contribution in [0.3, 0.4) is 0 Å². The van der Waals surface area contributed by atoms with Crippen molar-refractivity contribution in [1.82, 2.24) is 10.2 Å². The van der Waals surface area contributed by atoms with Gasteiger partial charge in [-0.1, -0.05) is 11.6 Å². The minimum atomic E-state index is -1.07. The Morgan fingerprint density at radius 1 is 1.42 bits per heavy atom. The average Bonchev–Trinajstić information content (AvgIpc) is 1.97. The summed E-state index contributed by atoms with van der Waals surface area (Å²) in [6, 6.07) is 0. The summed E-state index contributed by atoms with van der Waals surface area (Å²) in [5, 5.41) is 15.8. The number of nitrogens with zero attached hydrogens (tertiary/aromatic N) is 2. The highest BCUT2D eigenvalue weighted by atomic mass is 35.5. The van der Waals surface area contributed by atoms with Crippen molar-refractivity contribution in [1.29, 1.82) is 0 Å². The molecule has 1 N–H and O–H groups in total. The highest BCUT2D eigenvalue weighted by Gasteiger charge is 2.15. The van der Waals surface area contributed by atoms with Gasteiger partial charge in [0.25, 0.3) is 0 Å². The summed E-state index contributed by atoms with van der Waals surface area (Å²) in [5.74, 6) is -1.07. The van der Waals surface area contributed by atoms with E-state index in [1.165, 1.54) is 0 Å². The highest BCUT2D eigenvalue weighted by molar-refractivity contribution is 6.32. The van der Waals surface area contributed by atoms with Crippen LogP contribution in [0.15, 0.2) is 0 Å². The molecule has 0 radical (unpaired) electrons. The predicted molar refractivity (Wildman–Crippen MR) is 43.5 cm³/mol. The summed E-state index contributed by atoms with van der Waals surface area (Å²) in [7, 11) is 0. The van der Waals surface area contributed by atoms with Crippen LogP contribution >= 0.6 is 11.6 Å². The van der Waals surface area contributed by atoms with Crippen LogP contribution in [0.5, 0.6) is 0 Å². The van der Waals surface area contributed by atoms with Crippen LogP contribution in [0.2, 0.25) is 5.15 Å². The SMILES string of the molecule is Cc1nnc(Cl)c(C(=O)O)c1C. The van der Waals surface area contributed by atoms with E-state index in [0.717, 1.165) is 0 Å². The van der Waals surface area contributed by atoms with Gasteiger partial charge in [-0.25, -0.2) is 4.79 Å². The summed E-state index contributed by atoms with van der Waals surface area (Å²) in [5.41, 5.74) is 1.17. The standard InChI is InChI=1S/C7H7ClN2O2/c1-3-4(2)9-10-6(8)5(3)7(11)12/h1-2H3,(H,11,12). The first kappa shape index (κ1) is 8.93. The van der Waals surface area contributed by atoms with Gasteiger partial charge >= 0.3 is 5.97 Å². The van der Waals surface area contributed by atoms with Crippen molar-refractivity contribution < 1.29 is 9.90 Å². The maximum atomic E-state index is 10.6. The molecule has 0 saturated heterocycles. The van der Waals surface area contributed by atoms with Crippen molar-refractivity contribution in [2.45, 2.75) is 13.8 Å². The van der Waals surface area contributed by atoms with E-state index in [-0.39, 0.29) is 10.7 Å². The van der Waals surface area contributed by atoms with Crippen molar-refractivity contribution in [3.63, 3.8) is 0 Å². The van der Waals surface area contributed by atoms with Gasteiger partial charge in [-0.2, -0.15) is 5.10 Å². The Labute approximate surface area is 74.2 Å². The van der Waals surface area contributed by atoms with Gasteiger partial charge in [0, 0.05) is 0 Å². The molecule has 1 heterocycles. The fraction of sp³-hybridized carbons (Fsp3) is 0.286. The van der Waals surface area contributed by atoms with E-state index in [1.54, 1.807) is 13.8 Å². The van der Waals surface area contributed by atoms with Gasteiger partial charge in [0.1, 0.15) is 5.56 Å². The molecule has 1 aromatic heterocycles. The molecule has 5 heteroatoms. The lowest BCUT2D eigenvalue weighted by Gasteiger charge is -2.03. The lowest BCUT2D eigenvalue weighted by Crippen LogP contribution is -2.06. The van der Waals surface area contributed by atoms with Crippen LogP contribution in [0.25, 0.3) is 0 Å². The maximum absolute atomic E-state index is 10.6. The Balaban J connectivity index is 3.43. The average molecular weight is 187 g/mol. The molecule has 0 aliphatic heterocycles. The Kier molecular flexibility index (Phi) is 2.28. The topological polar surface area (TPSA) is 63.1 Å². The van der Waals surface area contributed by atoms with Crippen molar-refractivity contribution in [2.24, 2.45) is 0 Å². The first-order valence-corrected chi connectivity index (χ1v) is 3.64. The molecule has 1 aromatic rings. The van der Waals surface area contributed by atoms with E-state index in [4.69, 9.17) is 16.7 Å². The summed E-state index contributed by atoms with van der Waals surface area (Å²) in [4.78, 5) is 10.6. The summed E-state index contributed by atoms with van der Waals surface area (Å²) in [6.07, 6.45) is 0. The van der Waals surface area contributed by atoms with E-state index in [2.05, 4.69) is 10.2 Å². The highest BCUT2D eigenvalue weighted by Crippen LogP contribution is 2.17. The zero-order valence-electron chi connectivity index (χ0n) is 6.63. The van der Waals surface area contributed by atoms with E-state index in [9.17, 15) is 4.79 Å². The minimum Gasteiger partial charge on any atom is -0.478 e. The molecule has 0 amide bonds. The van der Waals surface area contributed by atoms with Gasteiger partial charge < -0.3 is 5.11 Å². The van der Waals surface area contributed by atoms with E-state index in [0.29, 0.717) is 11.3 Å². The monoisotopic (exact) mass is 186 g/mol. The van der Waals surface area contributed by atoms with Crippen LogP contribution in [0, 0.1) is 13.8 Å². The number of carboxylic acid groups (broad SMARTS) is 1. The van der Waals surface area contributed by atoms with E-state index >= 15 is 0 Å². The van der Waals surface area contributed by atoms with Gasteiger partial charge in [-0.3, -0.25) is 0 Å². The molecular weight excluding hydrogens is 180 g/mol. The first-order valence-electron chi connectivity index (χ1n) is 3.26. The first-order chi connectivity index (χ1) is 5.54. The Hall–Kier alpha value is -1.16. The van der Waals surface area contributed by atoms with Crippen molar-refractivity contribution in [3.8, 4) is 0 Å². The third kappa shape index (κ3) is 1.38. The van der Waals surface area contributed by atoms with Crippen LogP contribution in [0.4, 0.5) is 0 Å². The molecule has 0 saturated carbocycles. The number of aromatic carboxylic acids is 1. The summed E-state index contributed by atoms with van der Waals surface area (Å²) >= 11 is 5.54. The minimum absolute atomic E-state index is 0.0316. The number of carbonyl (C=O) groups is 1. The number of aryl methyl sites for hydroxylation is 1. The third-order valence-electron chi connectivity index (χ3n) is 1.63. The van der Waals surface area contributed by atoms with Crippen LogP contribution in [-0.4, -0.2) is 21.3 Å². The van der Waals surface area contributed by atoms with Gasteiger partial charge in [0.2, 0.25) is 0 Å². The Bertz CT molecular complexity index is 338. The van der Waals surface area contributed by atoms with Gasteiger partial charge in [0.15, 0.2) is 5.15 Å². The molecule has 0 aliphatic rings. The largest absolute Gasteiger partial charge is 0.478 e. The number of halogens is 1. The number of hydrogen-bond donors (Lipinski definition) is 1. The number of aromatic nitrogens is 2. The molecule has 0 unspecified atom stereocenters. The molecule has 0 spiro atoms. The fourth-order valence-electron chi connectivity index (χ4n) is 0.828. The lowest BCUT2D eigenvalue weighted by atomic mass is 10.1. The van der Waals surface area contributed by atoms with Gasteiger partial charge in [-0.15, -0.1) is 5.10 Å². The van der Waals surface area contributed by atoms with Gasteiger partial charge in [0.05, 0.1) is 5.69 Å².